The van der Waals surface area contributed by atoms with Crippen LogP contribution in [0.5, 0.6) is 0 Å². The average molecular weight is 342 g/mol. The number of aliphatic hydroxyl groups is 2. The molecular formula is C22H30O3. The number of carbonyl (C=O) groups excluding carboxylic acids is 1. The van der Waals surface area contributed by atoms with Gasteiger partial charge in [-0.2, -0.15) is 0 Å². The highest BCUT2D eigenvalue weighted by Crippen LogP contribution is 2.67. The zero-order chi connectivity index (χ0) is 17.9. The minimum Gasteiger partial charge on any atom is -0.395 e. The Labute approximate surface area is 150 Å². The van der Waals surface area contributed by atoms with Crippen LogP contribution in [0.3, 0.4) is 0 Å². The summed E-state index contributed by atoms with van der Waals surface area (Å²) in [6.07, 6.45) is 9.02. The molecule has 6 atom stereocenters. The summed E-state index contributed by atoms with van der Waals surface area (Å²) < 4.78 is 0. The summed E-state index contributed by atoms with van der Waals surface area (Å²) in [6, 6.07) is 0. The van der Waals surface area contributed by atoms with Gasteiger partial charge in [0.05, 0.1) is 6.61 Å². The molecule has 0 radical (unpaired) electrons. The molecule has 25 heavy (non-hydrogen) atoms. The third-order valence-electron chi connectivity index (χ3n) is 8.45. The molecule has 1 unspecified atom stereocenters. The van der Waals surface area contributed by atoms with Crippen LogP contribution in [0.15, 0.2) is 11.6 Å². The Bertz CT molecular complexity index is 683. The number of hydrogen-bond acceptors (Lipinski definition) is 3. The van der Waals surface area contributed by atoms with Crippen molar-refractivity contribution in [1.29, 1.82) is 0 Å². The fourth-order valence-electron chi connectivity index (χ4n) is 7.09. The van der Waals surface area contributed by atoms with Gasteiger partial charge in [0.1, 0.15) is 5.60 Å². The molecule has 0 bridgehead atoms. The molecule has 3 nitrogen and oxygen atoms in total. The zero-order valence-electron chi connectivity index (χ0n) is 15.5. The fourth-order valence-corrected chi connectivity index (χ4v) is 7.09. The molecule has 0 heterocycles. The van der Waals surface area contributed by atoms with E-state index >= 15 is 0 Å². The molecule has 4 aliphatic carbocycles. The molecule has 4 rings (SSSR count). The highest BCUT2D eigenvalue weighted by molar-refractivity contribution is 5.91. The summed E-state index contributed by atoms with van der Waals surface area (Å²) in [5.41, 5.74) is 0.0229. The van der Waals surface area contributed by atoms with E-state index in [4.69, 9.17) is 0 Å². The topological polar surface area (TPSA) is 57.5 Å². The van der Waals surface area contributed by atoms with E-state index in [2.05, 4.69) is 18.8 Å². The Morgan fingerprint density at radius 1 is 1.16 bits per heavy atom. The minimum absolute atomic E-state index is 0.139. The second-order valence-electron chi connectivity index (χ2n) is 9.10. The van der Waals surface area contributed by atoms with Crippen molar-refractivity contribution in [3.8, 4) is 11.8 Å². The third-order valence-corrected chi connectivity index (χ3v) is 8.45. The van der Waals surface area contributed by atoms with Crippen molar-refractivity contribution in [2.45, 2.75) is 70.8 Å². The van der Waals surface area contributed by atoms with Crippen LogP contribution in [0, 0.1) is 40.4 Å². The first-order valence-corrected chi connectivity index (χ1v) is 9.91. The molecule has 4 aliphatic rings. The molecule has 0 aliphatic heterocycles. The number of hydrogen-bond donors (Lipinski definition) is 2. The van der Waals surface area contributed by atoms with Crippen LogP contribution >= 0.6 is 0 Å². The molecular weight excluding hydrogens is 312 g/mol. The molecule has 0 aromatic rings. The molecule has 3 fully saturated rings. The Balaban J connectivity index is 1.71. The highest BCUT2D eigenvalue weighted by Gasteiger charge is 2.64. The van der Waals surface area contributed by atoms with Crippen molar-refractivity contribution in [2.75, 3.05) is 6.61 Å². The molecule has 3 heteroatoms. The van der Waals surface area contributed by atoms with Gasteiger partial charge in [-0.3, -0.25) is 4.79 Å². The minimum atomic E-state index is -0.859. The number of ketones is 1. The molecule has 0 spiro atoms. The Kier molecular flexibility index (Phi) is 3.94. The summed E-state index contributed by atoms with van der Waals surface area (Å²) in [6.45, 7) is 4.22. The van der Waals surface area contributed by atoms with Crippen molar-refractivity contribution in [3.63, 3.8) is 0 Å². The van der Waals surface area contributed by atoms with Crippen molar-refractivity contribution < 1.29 is 15.0 Å². The molecule has 136 valence electrons. The van der Waals surface area contributed by atoms with E-state index in [1.807, 2.05) is 13.0 Å². The predicted molar refractivity (Wildman–Crippen MR) is 96.5 cm³/mol. The van der Waals surface area contributed by atoms with Gasteiger partial charge in [-0.15, -0.1) is 5.92 Å². The molecule has 0 aromatic carbocycles. The lowest BCUT2D eigenvalue weighted by atomic mass is 9.46. The second-order valence-corrected chi connectivity index (χ2v) is 9.10. The van der Waals surface area contributed by atoms with E-state index in [1.54, 1.807) is 0 Å². The standard InChI is InChI=1S/C22H30O3/c1-3-9-22(25)12-8-18-17-5-4-15-13-16(24)6-11-21(15,14-23)19(17)7-10-20(18,22)2/h13,17-19,23,25H,4-8,10-12,14H2,1-2H3/t17-,18-,19+,20-,21+,22?/m0/s1. The van der Waals surface area contributed by atoms with Gasteiger partial charge in [0, 0.05) is 17.3 Å². The van der Waals surface area contributed by atoms with E-state index in [-0.39, 0.29) is 23.2 Å². The molecule has 0 amide bonds. The van der Waals surface area contributed by atoms with Crippen molar-refractivity contribution in [1.82, 2.24) is 0 Å². The highest BCUT2D eigenvalue weighted by atomic mass is 16.3. The van der Waals surface area contributed by atoms with E-state index in [9.17, 15) is 15.0 Å². The Morgan fingerprint density at radius 3 is 2.64 bits per heavy atom. The van der Waals surface area contributed by atoms with Crippen LogP contribution in [0.2, 0.25) is 0 Å². The van der Waals surface area contributed by atoms with Crippen molar-refractivity contribution in [3.05, 3.63) is 11.6 Å². The first kappa shape index (κ1) is 17.3. The first-order chi connectivity index (χ1) is 11.9. The van der Waals surface area contributed by atoms with Crippen LogP contribution in [0.1, 0.15) is 65.2 Å². The van der Waals surface area contributed by atoms with Gasteiger partial charge in [0.2, 0.25) is 0 Å². The lowest BCUT2D eigenvalue weighted by Gasteiger charge is -2.59. The summed E-state index contributed by atoms with van der Waals surface area (Å²) in [5, 5.41) is 21.6. The lowest BCUT2D eigenvalue weighted by Crippen LogP contribution is -2.56. The maximum absolute atomic E-state index is 11.9. The first-order valence-electron chi connectivity index (χ1n) is 9.91. The summed E-state index contributed by atoms with van der Waals surface area (Å²) in [5.74, 6) is 7.78. The normalized spacial score (nSPS) is 48.6. The fraction of sp³-hybridized carbons (Fsp3) is 0.773. The smallest absolute Gasteiger partial charge is 0.155 e. The van der Waals surface area contributed by atoms with Gasteiger partial charge in [-0.1, -0.05) is 18.4 Å². The quantitative estimate of drug-likeness (QED) is 0.719. The van der Waals surface area contributed by atoms with Crippen molar-refractivity contribution in [2.24, 2.45) is 28.6 Å². The summed E-state index contributed by atoms with van der Waals surface area (Å²) in [7, 11) is 0. The number of fused-ring (bicyclic) bond motifs is 5. The van der Waals surface area contributed by atoms with Gasteiger partial charge >= 0.3 is 0 Å². The largest absolute Gasteiger partial charge is 0.395 e. The number of carbonyl (C=O) groups is 1. The van der Waals surface area contributed by atoms with Gasteiger partial charge < -0.3 is 10.2 Å². The average Bonchev–Trinajstić information content (AvgIpc) is 2.86. The van der Waals surface area contributed by atoms with Crippen LogP contribution in [-0.4, -0.2) is 28.2 Å². The van der Waals surface area contributed by atoms with Crippen LogP contribution in [0.4, 0.5) is 0 Å². The molecule has 0 aromatic heterocycles. The number of rotatable bonds is 1. The molecule has 3 saturated carbocycles. The van der Waals surface area contributed by atoms with Crippen molar-refractivity contribution >= 4 is 5.78 Å². The van der Waals surface area contributed by atoms with Crippen LogP contribution < -0.4 is 0 Å². The zero-order valence-corrected chi connectivity index (χ0v) is 15.5. The Hall–Kier alpha value is -1.11. The van der Waals surface area contributed by atoms with Gasteiger partial charge in [-0.05, 0) is 75.7 Å². The second kappa shape index (κ2) is 5.69. The maximum atomic E-state index is 11.9. The van der Waals surface area contributed by atoms with E-state index in [1.165, 1.54) is 5.57 Å². The monoisotopic (exact) mass is 342 g/mol. The number of aliphatic hydroxyl groups excluding tert-OH is 1. The van der Waals surface area contributed by atoms with E-state index in [0.717, 1.165) is 44.9 Å². The SMILES string of the molecule is CC#CC1(O)CC[C@H]2[C@@H]3CCC4=CC(=O)CC[C@]4(CO)[C@@H]3CC[C@@]21C. The van der Waals surface area contributed by atoms with E-state index < -0.39 is 5.60 Å². The van der Waals surface area contributed by atoms with Gasteiger partial charge in [0.25, 0.3) is 0 Å². The van der Waals surface area contributed by atoms with Gasteiger partial charge in [-0.25, -0.2) is 0 Å². The summed E-state index contributed by atoms with van der Waals surface area (Å²) >= 11 is 0. The third kappa shape index (κ3) is 2.17. The molecule has 2 N–H and O–H groups in total. The van der Waals surface area contributed by atoms with Crippen LogP contribution in [0.25, 0.3) is 0 Å². The van der Waals surface area contributed by atoms with E-state index in [0.29, 0.717) is 24.2 Å². The molecule has 0 saturated heterocycles. The lowest BCUT2D eigenvalue weighted by molar-refractivity contribution is -0.123. The maximum Gasteiger partial charge on any atom is 0.155 e. The Morgan fingerprint density at radius 2 is 1.92 bits per heavy atom. The van der Waals surface area contributed by atoms with Gasteiger partial charge in [0.15, 0.2) is 5.78 Å². The predicted octanol–water partition coefficient (Wildman–Crippen LogP) is 3.25. The summed E-state index contributed by atoms with van der Waals surface area (Å²) in [4.78, 5) is 11.9. The van der Waals surface area contributed by atoms with Crippen LogP contribution in [-0.2, 0) is 4.79 Å².